The van der Waals surface area contributed by atoms with Crippen LogP contribution in [0.1, 0.15) is 15.9 Å². The lowest BCUT2D eigenvalue weighted by atomic mass is 10.0. The summed E-state index contributed by atoms with van der Waals surface area (Å²) in [5, 5.41) is 10.7. The lowest BCUT2D eigenvalue weighted by Crippen LogP contribution is -1.97. The lowest BCUT2D eigenvalue weighted by molar-refractivity contribution is 0.0699. The fourth-order valence-electron chi connectivity index (χ4n) is 1.68. The van der Waals surface area contributed by atoms with E-state index >= 15 is 0 Å². The van der Waals surface area contributed by atoms with Gasteiger partial charge in [0.1, 0.15) is 0 Å². The lowest BCUT2D eigenvalue weighted by Gasteiger charge is -2.05. The van der Waals surface area contributed by atoms with Gasteiger partial charge in [-0.15, -0.1) is 11.6 Å². The highest BCUT2D eigenvalue weighted by Gasteiger charge is 2.08. The molecule has 76 valence electrons. The van der Waals surface area contributed by atoms with Crippen LogP contribution in [-0.4, -0.2) is 11.1 Å². The topological polar surface area (TPSA) is 37.3 Å². The second kappa shape index (κ2) is 3.91. The maximum Gasteiger partial charge on any atom is 0.336 e. The number of hydrogen-bond donors (Lipinski definition) is 1. The van der Waals surface area contributed by atoms with E-state index in [0.29, 0.717) is 11.4 Å². The van der Waals surface area contributed by atoms with Gasteiger partial charge in [0.2, 0.25) is 0 Å². The van der Waals surface area contributed by atoms with E-state index in [9.17, 15) is 4.79 Å². The average molecular weight is 221 g/mol. The number of halogens is 1. The maximum atomic E-state index is 11.0. The van der Waals surface area contributed by atoms with Gasteiger partial charge in [0.15, 0.2) is 0 Å². The van der Waals surface area contributed by atoms with Gasteiger partial charge in [-0.05, 0) is 22.4 Å². The number of benzene rings is 2. The Labute approximate surface area is 92.1 Å². The minimum absolute atomic E-state index is 0.319. The standard InChI is InChI=1S/C12H9ClO2/c13-7-8-3-1-5-10-9(8)4-2-6-11(10)12(14)15/h1-6H,7H2,(H,14,15). The molecule has 0 atom stereocenters. The van der Waals surface area contributed by atoms with Crippen molar-refractivity contribution in [1.82, 2.24) is 0 Å². The fourth-order valence-corrected chi connectivity index (χ4v) is 1.91. The van der Waals surface area contributed by atoms with Gasteiger partial charge < -0.3 is 5.11 Å². The SMILES string of the molecule is O=C(O)c1cccc2c(CCl)cccc12. The molecule has 0 aliphatic rings. The van der Waals surface area contributed by atoms with Crippen LogP contribution < -0.4 is 0 Å². The summed E-state index contributed by atoms with van der Waals surface area (Å²) in [6.45, 7) is 0. The van der Waals surface area contributed by atoms with E-state index in [1.165, 1.54) is 0 Å². The van der Waals surface area contributed by atoms with Crippen LogP contribution in [0.5, 0.6) is 0 Å². The number of carboxylic acid groups (broad SMARTS) is 1. The summed E-state index contributed by atoms with van der Waals surface area (Å²) in [7, 11) is 0. The molecule has 0 heterocycles. The molecule has 0 aromatic heterocycles. The molecule has 2 aromatic carbocycles. The first-order valence-corrected chi connectivity index (χ1v) is 5.07. The van der Waals surface area contributed by atoms with Gasteiger partial charge in [0, 0.05) is 5.88 Å². The van der Waals surface area contributed by atoms with Crippen LogP contribution in [0.25, 0.3) is 10.8 Å². The smallest absolute Gasteiger partial charge is 0.336 e. The van der Waals surface area contributed by atoms with Gasteiger partial charge in [-0.25, -0.2) is 4.79 Å². The Bertz CT molecular complexity index is 520. The minimum atomic E-state index is -0.910. The fraction of sp³-hybridized carbons (Fsp3) is 0.0833. The zero-order chi connectivity index (χ0) is 10.8. The molecule has 15 heavy (non-hydrogen) atoms. The minimum Gasteiger partial charge on any atom is -0.478 e. The van der Waals surface area contributed by atoms with Gasteiger partial charge in [-0.2, -0.15) is 0 Å². The number of carboxylic acids is 1. The van der Waals surface area contributed by atoms with E-state index < -0.39 is 5.97 Å². The molecular formula is C12H9ClO2. The van der Waals surface area contributed by atoms with Crippen molar-refractivity contribution in [2.24, 2.45) is 0 Å². The normalized spacial score (nSPS) is 10.5. The first kappa shape index (κ1) is 9.99. The Balaban J connectivity index is 2.82. The molecule has 0 spiro atoms. The van der Waals surface area contributed by atoms with Gasteiger partial charge >= 0.3 is 5.97 Å². The molecule has 2 nitrogen and oxygen atoms in total. The summed E-state index contributed by atoms with van der Waals surface area (Å²) >= 11 is 5.79. The number of aromatic carboxylic acids is 1. The van der Waals surface area contributed by atoms with Crippen LogP contribution in [-0.2, 0) is 5.88 Å². The Morgan fingerprint density at radius 1 is 1.13 bits per heavy atom. The molecule has 0 aliphatic heterocycles. The molecule has 0 fully saturated rings. The third kappa shape index (κ3) is 1.68. The van der Waals surface area contributed by atoms with Crippen LogP contribution >= 0.6 is 11.6 Å². The number of hydrogen-bond acceptors (Lipinski definition) is 1. The van der Waals surface area contributed by atoms with Gasteiger partial charge in [0.25, 0.3) is 0 Å². The Morgan fingerprint density at radius 2 is 1.80 bits per heavy atom. The number of rotatable bonds is 2. The van der Waals surface area contributed by atoms with E-state index in [4.69, 9.17) is 16.7 Å². The van der Waals surface area contributed by atoms with Crippen molar-refractivity contribution < 1.29 is 9.90 Å². The zero-order valence-corrected chi connectivity index (χ0v) is 8.66. The average Bonchev–Trinajstić information content (AvgIpc) is 2.27. The summed E-state index contributed by atoms with van der Waals surface area (Å²) in [4.78, 5) is 11.0. The van der Waals surface area contributed by atoms with Crippen molar-refractivity contribution in [3.05, 3.63) is 47.5 Å². The molecule has 0 radical (unpaired) electrons. The molecule has 2 rings (SSSR count). The van der Waals surface area contributed by atoms with Crippen LogP contribution in [0.4, 0.5) is 0 Å². The van der Waals surface area contributed by atoms with Crippen molar-refractivity contribution >= 4 is 28.3 Å². The highest BCUT2D eigenvalue weighted by Crippen LogP contribution is 2.23. The Hall–Kier alpha value is -1.54. The van der Waals surface area contributed by atoms with Gasteiger partial charge in [-0.3, -0.25) is 0 Å². The molecular weight excluding hydrogens is 212 g/mol. The molecule has 2 aromatic rings. The van der Waals surface area contributed by atoms with Crippen molar-refractivity contribution in [2.75, 3.05) is 0 Å². The summed E-state index contributed by atoms with van der Waals surface area (Å²) in [5.41, 5.74) is 1.27. The van der Waals surface area contributed by atoms with Crippen molar-refractivity contribution in [3.63, 3.8) is 0 Å². The highest BCUT2D eigenvalue weighted by atomic mass is 35.5. The molecule has 0 bridgehead atoms. The van der Waals surface area contributed by atoms with Crippen molar-refractivity contribution in [1.29, 1.82) is 0 Å². The predicted molar refractivity (Wildman–Crippen MR) is 60.5 cm³/mol. The third-order valence-corrected chi connectivity index (χ3v) is 2.67. The molecule has 0 saturated carbocycles. The maximum absolute atomic E-state index is 11.0. The molecule has 1 N–H and O–H groups in total. The summed E-state index contributed by atoms with van der Waals surface area (Å²) in [6, 6.07) is 10.8. The number of carbonyl (C=O) groups is 1. The van der Waals surface area contributed by atoms with Gasteiger partial charge in [0.05, 0.1) is 5.56 Å². The van der Waals surface area contributed by atoms with Crippen LogP contribution in [0, 0.1) is 0 Å². The molecule has 0 amide bonds. The quantitative estimate of drug-likeness (QED) is 0.789. The third-order valence-electron chi connectivity index (χ3n) is 2.39. The largest absolute Gasteiger partial charge is 0.478 e. The van der Waals surface area contributed by atoms with Crippen molar-refractivity contribution in [2.45, 2.75) is 5.88 Å². The van der Waals surface area contributed by atoms with E-state index in [1.807, 2.05) is 18.2 Å². The second-order valence-electron chi connectivity index (χ2n) is 3.26. The number of alkyl halides is 1. The van der Waals surface area contributed by atoms with E-state index in [1.54, 1.807) is 18.2 Å². The molecule has 3 heteroatoms. The summed E-state index contributed by atoms with van der Waals surface area (Å²) in [6.07, 6.45) is 0. The van der Waals surface area contributed by atoms with E-state index in [0.717, 1.165) is 16.3 Å². The van der Waals surface area contributed by atoms with Gasteiger partial charge in [-0.1, -0.05) is 30.3 Å². The molecule has 0 unspecified atom stereocenters. The van der Waals surface area contributed by atoms with E-state index in [-0.39, 0.29) is 0 Å². The summed E-state index contributed by atoms with van der Waals surface area (Å²) < 4.78 is 0. The predicted octanol–water partition coefficient (Wildman–Crippen LogP) is 3.28. The number of fused-ring (bicyclic) bond motifs is 1. The van der Waals surface area contributed by atoms with E-state index in [2.05, 4.69) is 0 Å². The second-order valence-corrected chi connectivity index (χ2v) is 3.52. The molecule has 0 saturated heterocycles. The summed E-state index contributed by atoms with van der Waals surface area (Å²) in [5.74, 6) is -0.521. The zero-order valence-electron chi connectivity index (χ0n) is 7.90. The van der Waals surface area contributed by atoms with Crippen LogP contribution in [0.15, 0.2) is 36.4 Å². The van der Waals surface area contributed by atoms with Crippen molar-refractivity contribution in [3.8, 4) is 0 Å². The molecule has 0 aliphatic carbocycles. The Morgan fingerprint density at radius 3 is 2.47 bits per heavy atom. The first-order valence-electron chi connectivity index (χ1n) is 4.54. The monoisotopic (exact) mass is 220 g/mol. The first-order chi connectivity index (χ1) is 7.24. The van der Waals surface area contributed by atoms with Crippen LogP contribution in [0.2, 0.25) is 0 Å². The van der Waals surface area contributed by atoms with Crippen LogP contribution in [0.3, 0.4) is 0 Å². The Kier molecular flexibility index (Phi) is 2.60. The highest BCUT2D eigenvalue weighted by molar-refractivity contribution is 6.18.